The monoisotopic (exact) mass is 492 g/mol. The highest BCUT2D eigenvalue weighted by atomic mass is 19.4. The van der Waals surface area contributed by atoms with Gasteiger partial charge in [-0.2, -0.15) is 13.2 Å². The number of piperidine rings is 1. The number of halogens is 3. The maximum atomic E-state index is 13.7. The van der Waals surface area contributed by atoms with Gasteiger partial charge in [-0.15, -0.1) is 0 Å². The van der Waals surface area contributed by atoms with Crippen LogP contribution in [-0.4, -0.2) is 64.2 Å². The summed E-state index contributed by atoms with van der Waals surface area (Å²) in [5.41, 5.74) is 0.283. The van der Waals surface area contributed by atoms with E-state index >= 15 is 0 Å². The minimum Gasteiger partial charge on any atom is -0.450 e. The van der Waals surface area contributed by atoms with E-state index in [4.69, 9.17) is 4.74 Å². The van der Waals surface area contributed by atoms with Crippen LogP contribution >= 0.6 is 0 Å². The van der Waals surface area contributed by atoms with Crippen LogP contribution in [0.4, 0.5) is 13.2 Å². The minimum absolute atomic E-state index is 0.0790. The van der Waals surface area contributed by atoms with Gasteiger partial charge in [-0.1, -0.05) is 6.07 Å². The lowest BCUT2D eigenvalue weighted by molar-refractivity contribution is -0.152. The summed E-state index contributed by atoms with van der Waals surface area (Å²) >= 11 is 0. The summed E-state index contributed by atoms with van der Waals surface area (Å²) < 4.78 is 45.5. The molecule has 1 saturated carbocycles. The molecule has 35 heavy (non-hydrogen) atoms. The quantitative estimate of drug-likeness (QED) is 0.639. The summed E-state index contributed by atoms with van der Waals surface area (Å²) in [6.07, 6.45) is 0.263. The van der Waals surface area contributed by atoms with Crippen molar-refractivity contribution < 1.29 is 32.6 Å². The van der Waals surface area contributed by atoms with Crippen molar-refractivity contribution in [1.82, 2.24) is 9.80 Å². The molecule has 190 valence electrons. The molecule has 0 atom stereocenters. The molecule has 1 N–H and O–H groups in total. The Hall–Kier alpha value is -2.39. The average molecular weight is 493 g/mol. The number of rotatable bonds is 2. The van der Waals surface area contributed by atoms with E-state index in [9.17, 15) is 27.9 Å². The lowest BCUT2D eigenvalue weighted by Gasteiger charge is -2.44. The number of carbonyl (C=O) groups is 2. The lowest BCUT2D eigenvalue weighted by Crippen LogP contribution is -2.52. The van der Waals surface area contributed by atoms with E-state index < -0.39 is 23.3 Å². The molecular weight excluding hydrogens is 461 g/mol. The summed E-state index contributed by atoms with van der Waals surface area (Å²) in [6, 6.07) is 4.09. The van der Waals surface area contributed by atoms with Crippen LogP contribution in [0.2, 0.25) is 0 Å². The molecule has 6 nitrogen and oxygen atoms in total. The van der Waals surface area contributed by atoms with Crippen LogP contribution in [0, 0.1) is 0 Å². The molecule has 5 rings (SSSR count). The summed E-state index contributed by atoms with van der Waals surface area (Å²) in [7, 11) is 0. The molecule has 1 amide bonds. The number of aliphatic hydroxyl groups is 1. The van der Waals surface area contributed by atoms with E-state index in [1.54, 1.807) is 11.8 Å². The molecule has 3 aliphatic heterocycles. The molecule has 1 saturated heterocycles. The molecule has 0 bridgehead atoms. The number of nitrogens with zero attached hydrogens (tertiary/aromatic N) is 2. The second-order valence-electron chi connectivity index (χ2n) is 10.3. The standard InChI is InChI=1S/C26H31F3N2O4/c1-16-22(23(33)31-11-8-17-2-3-19(26(27,28)29)14-18(17)15-31)25(35-24(16)34)9-12-30(13-10-25)20-4-6-21(32)7-5-20/h2-3,14,20-21,32H,4-13,15H2,1H3. The number of ether oxygens (including phenoxy) is 1. The number of likely N-dealkylation sites (tertiary alicyclic amines) is 1. The predicted octanol–water partition coefficient (Wildman–Crippen LogP) is 3.60. The van der Waals surface area contributed by atoms with Gasteiger partial charge in [-0.25, -0.2) is 4.79 Å². The van der Waals surface area contributed by atoms with Gasteiger partial charge < -0.3 is 19.6 Å². The fourth-order valence-electron chi connectivity index (χ4n) is 6.19. The highest BCUT2D eigenvalue weighted by Gasteiger charge is 2.52. The number of fused-ring (bicyclic) bond motifs is 1. The predicted molar refractivity (Wildman–Crippen MR) is 121 cm³/mol. The number of aliphatic hydroxyl groups excluding tert-OH is 1. The molecule has 1 spiro atoms. The molecule has 0 unspecified atom stereocenters. The van der Waals surface area contributed by atoms with E-state index in [0.717, 1.165) is 43.4 Å². The Morgan fingerprint density at radius 1 is 1.09 bits per heavy atom. The molecule has 1 aromatic rings. The molecule has 4 aliphatic rings. The maximum Gasteiger partial charge on any atom is 0.416 e. The topological polar surface area (TPSA) is 70.1 Å². The normalized spacial score (nSPS) is 27.2. The number of esters is 1. The van der Waals surface area contributed by atoms with Crippen molar-refractivity contribution in [3.05, 3.63) is 46.0 Å². The SMILES string of the molecule is CC1=C(C(=O)N2CCc3ccc(C(F)(F)F)cc3C2)C2(CCN(C3CCC(O)CC3)CC2)OC1=O. The van der Waals surface area contributed by atoms with E-state index in [2.05, 4.69) is 4.90 Å². The van der Waals surface area contributed by atoms with Gasteiger partial charge in [0.25, 0.3) is 5.91 Å². The number of alkyl halides is 3. The third-order valence-electron chi connectivity index (χ3n) is 8.26. The first kappa shape index (κ1) is 24.3. The summed E-state index contributed by atoms with van der Waals surface area (Å²) in [5, 5.41) is 9.81. The lowest BCUT2D eigenvalue weighted by atomic mass is 9.80. The number of amides is 1. The van der Waals surface area contributed by atoms with Crippen molar-refractivity contribution in [2.75, 3.05) is 19.6 Å². The molecule has 0 radical (unpaired) electrons. The Kier molecular flexibility index (Phi) is 6.20. The summed E-state index contributed by atoms with van der Waals surface area (Å²) in [5.74, 6) is -0.801. The van der Waals surface area contributed by atoms with Crippen molar-refractivity contribution in [2.45, 2.75) is 82.3 Å². The molecule has 2 fully saturated rings. The van der Waals surface area contributed by atoms with Gasteiger partial charge in [-0.05, 0) is 62.3 Å². The van der Waals surface area contributed by atoms with Gasteiger partial charge in [0.1, 0.15) is 5.60 Å². The fraction of sp³-hybridized carbons (Fsp3) is 0.615. The molecule has 0 aromatic heterocycles. The Labute approximate surface area is 202 Å². The maximum absolute atomic E-state index is 13.7. The Morgan fingerprint density at radius 3 is 2.43 bits per heavy atom. The van der Waals surface area contributed by atoms with Gasteiger partial charge >= 0.3 is 12.1 Å². The summed E-state index contributed by atoms with van der Waals surface area (Å²) in [6.45, 7) is 3.45. The minimum atomic E-state index is -4.44. The van der Waals surface area contributed by atoms with Crippen LogP contribution in [-0.2, 0) is 33.5 Å². The van der Waals surface area contributed by atoms with Gasteiger partial charge in [0.15, 0.2) is 0 Å². The molecular formula is C26H31F3N2O4. The molecule has 1 aromatic carbocycles. The molecule has 1 aliphatic carbocycles. The first-order valence-corrected chi connectivity index (χ1v) is 12.4. The zero-order chi connectivity index (χ0) is 25.0. The highest BCUT2D eigenvalue weighted by Crippen LogP contribution is 2.43. The van der Waals surface area contributed by atoms with Crippen molar-refractivity contribution in [2.24, 2.45) is 0 Å². The van der Waals surface area contributed by atoms with Crippen molar-refractivity contribution in [3.63, 3.8) is 0 Å². The van der Waals surface area contributed by atoms with Crippen molar-refractivity contribution >= 4 is 11.9 Å². The van der Waals surface area contributed by atoms with Crippen LogP contribution < -0.4 is 0 Å². The number of hydrogen-bond acceptors (Lipinski definition) is 5. The van der Waals surface area contributed by atoms with Gasteiger partial charge in [0.05, 0.1) is 17.2 Å². The van der Waals surface area contributed by atoms with E-state index in [-0.39, 0.29) is 18.6 Å². The Bertz CT molecular complexity index is 1050. The molecule has 9 heteroatoms. The summed E-state index contributed by atoms with van der Waals surface area (Å²) in [4.78, 5) is 30.2. The van der Waals surface area contributed by atoms with Crippen LogP contribution in [0.15, 0.2) is 29.3 Å². The highest BCUT2D eigenvalue weighted by molar-refractivity contribution is 6.07. The van der Waals surface area contributed by atoms with E-state index in [1.165, 1.54) is 6.07 Å². The van der Waals surface area contributed by atoms with Crippen LogP contribution in [0.25, 0.3) is 0 Å². The molecule has 3 heterocycles. The first-order valence-electron chi connectivity index (χ1n) is 12.4. The average Bonchev–Trinajstić information content (AvgIpc) is 3.07. The van der Waals surface area contributed by atoms with Crippen LogP contribution in [0.5, 0.6) is 0 Å². The van der Waals surface area contributed by atoms with Gasteiger partial charge in [0, 0.05) is 50.6 Å². The van der Waals surface area contributed by atoms with Gasteiger partial charge in [-0.3, -0.25) is 4.79 Å². The van der Waals surface area contributed by atoms with Crippen molar-refractivity contribution in [3.8, 4) is 0 Å². The first-order chi connectivity index (χ1) is 16.6. The second kappa shape index (κ2) is 8.92. The number of carbonyl (C=O) groups excluding carboxylic acids is 2. The van der Waals surface area contributed by atoms with Crippen LogP contribution in [0.3, 0.4) is 0 Å². The smallest absolute Gasteiger partial charge is 0.416 e. The number of benzene rings is 1. The third-order valence-corrected chi connectivity index (χ3v) is 8.26. The van der Waals surface area contributed by atoms with E-state index in [1.807, 2.05) is 0 Å². The largest absolute Gasteiger partial charge is 0.450 e. The third kappa shape index (κ3) is 4.48. The van der Waals surface area contributed by atoms with Gasteiger partial charge in [0.2, 0.25) is 0 Å². The van der Waals surface area contributed by atoms with Crippen LogP contribution in [0.1, 0.15) is 62.1 Å². The second-order valence-corrected chi connectivity index (χ2v) is 10.3. The Balaban J connectivity index is 1.33. The van der Waals surface area contributed by atoms with E-state index in [0.29, 0.717) is 61.6 Å². The number of hydrogen-bond donors (Lipinski definition) is 1. The fourth-order valence-corrected chi connectivity index (χ4v) is 6.19. The zero-order valence-corrected chi connectivity index (χ0v) is 19.9. The van der Waals surface area contributed by atoms with Crippen molar-refractivity contribution in [1.29, 1.82) is 0 Å². The Morgan fingerprint density at radius 2 is 1.77 bits per heavy atom. The zero-order valence-electron chi connectivity index (χ0n) is 19.9.